The maximum Gasteiger partial charge on any atom is 0.0218 e. The molecular formula is C13H17BrIN. The van der Waals surface area contributed by atoms with E-state index < -0.39 is 0 Å². The summed E-state index contributed by atoms with van der Waals surface area (Å²) in [4.78, 5) is 0. The van der Waals surface area contributed by atoms with Crippen molar-refractivity contribution in [3.63, 3.8) is 0 Å². The van der Waals surface area contributed by atoms with Crippen molar-refractivity contribution in [2.45, 2.75) is 44.7 Å². The fourth-order valence-electron chi connectivity index (χ4n) is 2.24. The van der Waals surface area contributed by atoms with Crippen LogP contribution in [0.15, 0.2) is 22.7 Å². The predicted molar refractivity (Wildman–Crippen MR) is 80.6 cm³/mol. The third-order valence-corrected chi connectivity index (χ3v) is 4.74. The first-order valence-corrected chi connectivity index (χ1v) is 7.80. The molecule has 3 heteroatoms. The number of hydrogen-bond donors (Lipinski definition) is 1. The molecule has 1 aromatic carbocycles. The lowest BCUT2D eigenvalue weighted by Crippen LogP contribution is -2.30. The third kappa shape index (κ3) is 3.70. The molecule has 1 saturated carbocycles. The number of rotatable bonds is 3. The van der Waals surface area contributed by atoms with Crippen LogP contribution in [0, 0.1) is 3.57 Å². The van der Waals surface area contributed by atoms with Gasteiger partial charge in [-0.15, -0.1) is 0 Å². The predicted octanol–water partition coefficient (Wildman–Crippen LogP) is 4.48. The fourth-order valence-corrected chi connectivity index (χ4v) is 3.17. The first-order valence-electron chi connectivity index (χ1n) is 5.93. The van der Waals surface area contributed by atoms with Crippen LogP contribution in [-0.2, 0) is 6.54 Å². The molecule has 1 aliphatic carbocycles. The molecule has 0 aromatic heterocycles. The SMILES string of the molecule is Brc1ccc(I)c(CNC2CCCCC2)c1. The number of halogens is 2. The van der Waals surface area contributed by atoms with E-state index in [0.717, 1.165) is 12.6 Å². The highest BCUT2D eigenvalue weighted by Crippen LogP contribution is 2.21. The highest BCUT2D eigenvalue weighted by Gasteiger charge is 2.12. The second kappa shape index (κ2) is 6.36. The Morgan fingerprint density at radius 3 is 2.75 bits per heavy atom. The summed E-state index contributed by atoms with van der Waals surface area (Å²) >= 11 is 5.94. The Kier molecular flexibility index (Phi) is 5.10. The molecule has 1 aromatic rings. The summed E-state index contributed by atoms with van der Waals surface area (Å²) in [6.45, 7) is 1.00. The first kappa shape index (κ1) is 12.8. The Hall–Kier alpha value is 0.390. The molecule has 0 amide bonds. The van der Waals surface area contributed by atoms with E-state index in [0.29, 0.717) is 0 Å². The molecule has 1 fully saturated rings. The summed E-state index contributed by atoms with van der Waals surface area (Å²) in [5, 5.41) is 3.68. The minimum Gasteiger partial charge on any atom is -0.310 e. The lowest BCUT2D eigenvalue weighted by molar-refractivity contribution is 0.372. The minimum atomic E-state index is 0.739. The van der Waals surface area contributed by atoms with Crippen LogP contribution in [-0.4, -0.2) is 6.04 Å². The molecule has 0 saturated heterocycles. The van der Waals surface area contributed by atoms with Crippen LogP contribution >= 0.6 is 38.5 Å². The first-order chi connectivity index (χ1) is 7.75. The number of benzene rings is 1. The van der Waals surface area contributed by atoms with E-state index in [1.807, 2.05) is 0 Å². The van der Waals surface area contributed by atoms with Crippen LogP contribution in [0.1, 0.15) is 37.7 Å². The van der Waals surface area contributed by atoms with Gasteiger partial charge in [0.2, 0.25) is 0 Å². The van der Waals surface area contributed by atoms with Crippen LogP contribution in [0.3, 0.4) is 0 Å². The Balaban J connectivity index is 1.90. The summed E-state index contributed by atoms with van der Waals surface area (Å²) in [5.41, 5.74) is 1.40. The van der Waals surface area contributed by atoms with E-state index in [1.165, 1.54) is 45.7 Å². The maximum absolute atomic E-state index is 3.68. The van der Waals surface area contributed by atoms with Gasteiger partial charge in [0.15, 0.2) is 0 Å². The van der Waals surface area contributed by atoms with Gasteiger partial charge < -0.3 is 5.32 Å². The Morgan fingerprint density at radius 2 is 2.00 bits per heavy atom. The Labute approximate surface area is 120 Å². The van der Waals surface area contributed by atoms with Crippen LogP contribution in [0.2, 0.25) is 0 Å². The van der Waals surface area contributed by atoms with E-state index in [2.05, 4.69) is 62.0 Å². The van der Waals surface area contributed by atoms with Crippen molar-refractivity contribution in [2.75, 3.05) is 0 Å². The molecule has 1 nitrogen and oxygen atoms in total. The molecule has 0 radical (unpaired) electrons. The van der Waals surface area contributed by atoms with Gasteiger partial charge >= 0.3 is 0 Å². The summed E-state index contributed by atoms with van der Waals surface area (Å²) in [6, 6.07) is 7.23. The third-order valence-electron chi connectivity index (χ3n) is 3.19. The average Bonchev–Trinajstić information content (AvgIpc) is 2.32. The molecule has 0 heterocycles. The van der Waals surface area contributed by atoms with Crippen molar-refractivity contribution in [1.29, 1.82) is 0 Å². The van der Waals surface area contributed by atoms with Gasteiger partial charge in [-0.3, -0.25) is 0 Å². The molecule has 88 valence electrons. The zero-order chi connectivity index (χ0) is 11.4. The van der Waals surface area contributed by atoms with Crippen molar-refractivity contribution in [3.05, 3.63) is 31.8 Å². The molecule has 0 bridgehead atoms. The Bertz CT molecular complexity index is 348. The van der Waals surface area contributed by atoms with Crippen LogP contribution < -0.4 is 5.32 Å². The summed E-state index contributed by atoms with van der Waals surface area (Å²) in [7, 11) is 0. The zero-order valence-corrected chi connectivity index (χ0v) is 13.1. The molecule has 0 aliphatic heterocycles. The lowest BCUT2D eigenvalue weighted by Gasteiger charge is -2.23. The monoisotopic (exact) mass is 393 g/mol. The molecule has 1 N–H and O–H groups in total. The highest BCUT2D eigenvalue weighted by molar-refractivity contribution is 14.1. The van der Waals surface area contributed by atoms with Crippen LogP contribution in [0.25, 0.3) is 0 Å². The second-order valence-electron chi connectivity index (χ2n) is 4.45. The number of hydrogen-bond acceptors (Lipinski definition) is 1. The van der Waals surface area contributed by atoms with E-state index in [9.17, 15) is 0 Å². The summed E-state index contributed by atoms with van der Waals surface area (Å²) in [6.07, 6.45) is 6.92. The van der Waals surface area contributed by atoms with Crippen molar-refractivity contribution >= 4 is 38.5 Å². The maximum atomic E-state index is 3.68. The molecule has 0 atom stereocenters. The van der Waals surface area contributed by atoms with Gasteiger partial charge in [0.1, 0.15) is 0 Å². The van der Waals surface area contributed by atoms with Gasteiger partial charge in [-0.25, -0.2) is 0 Å². The van der Waals surface area contributed by atoms with Crippen molar-refractivity contribution in [3.8, 4) is 0 Å². The Morgan fingerprint density at radius 1 is 1.25 bits per heavy atom. The van der Waals surface area contributed by atoms with Crippen LogP contribution in [0.5, 0.6) is 0 Å². The van der Waals surface area contributed by atoms with E-state index in [1.54, 1.807) is 0 Å². The molecule has 0 spiro atoms. The second-order valence-corrected chi connectivity index (χ2v) is 6.53. The molecular weight excluding hydrogens is 377 g/mol. The van der Waals surface area contributed by atoms with Gasteiger partial charge in [0, 0.05) is 20.6 Å². The van der Waals surface area contributed by atoms with Gasteiger partial charge in [0.05, 0.1) is 0 Å². The topological polar surface area (TPSA) is 12.0 Å². The summed E-state index contributed by atoms with van der Waals surface area (Å²) < 4.78 is 2.53. The molecule has 0 unspecified atom stereocenters. The zero-order valence-electron chi connectivity index (χ0n) is 9.31. The van der Waals surface area contributed by atoms with Gasteiger partial charge in [0.25, 0.3) is 0 Å². The van der Waals surface area contributed by atoms with Crippen LogP contribution in [0.4, 0.5) is 0 Å². The molecule has 16 heavy (non-hydrogen) atoms. The minimum absolute atomic E-state index is 0.739. The van der Waals surface area contributed by atoms with Crippen molar-refractivity contribution < 1.29 is 0 Å². The largest absolute Gasteiger partial charge is 0.310 e. The van der Waals surface area contributed by atoms with Gasteiger partial charge in [-0.1, -0.05) is 35.2 Å². The molecule has 1 aliphatic rings. The van der Waals surface area contributed by atoms with E-state index >= 15 is 0 Å². The van der Waals surface area contributed by atoms with E-state index in [4.69, 9.17) is 0 Å². The fraction of sp³-hybridized carbons (Fsp3) is 0.538. The number of nitrogens with one attached hydrogen (secondary N) is 1. The quantitative estimate of drug-likeness (QED) is 0.746. The van der Waals surface area contributed by atoms with Gasteiger partial charge in [-0.05, 0) is 59.2 Å². The summed E-state index contributed by atoms with van der Waals surface area (Å²) in [5.74, 6) is 0. The van der Waals surface area contributed by atoms with Gasteiger partial charge in [-0.2, -0.15) is 0 Å². The highest BCUT2D eigenvalue weighted by atomic mass is 127. The lowest BCUT2D eigenvalue weighted by atomic mass is 9.95. The van der Waals surface area contributed by atoms with Crippen molar-refractivity contribution in [2.24, 2.45) is 0 Å². The normalized spacial score (nSPS) is 17.6. The van der Waals surface area contributed by atoms with Crippen molar-refractivity contribution in [1.82, 2.24) is 5.32 Å². The smallest absolute Gasteiger partial charge is 0.0218 e. The van der Waals surface area contributed by atoms with E-state index in [-0.39, 0.29) is 0 Å². The standard InChI is InChI=1S/C13H17BrIN/c14-11-6-7-13(15)10(8-11)9-16-12-4-2-1-3-5-12/h6-8,12,16H,1-5,9H2. The molecule has 2 rings (SSSR count). The average molecular weight is 394 g/mol.